The van der Waals surface area contributed by atoms with Crippen molar-refractivity contribution in [1.82, 2.24) is 15.5 Å². The molecule has 1 aliphatic heterocycles. The Hall–Kier alpha value is -2.71. The van der Waals surface area contributed by atoms with Crippen molar-refractivity contribution in [3.63, 3.8) is 0 Å². The van der Waals surface area contributed by atoms with E-state index in [1.54, 1.807) is 25.1 Å². The highest BCUT2D eigenvalue weighted by Crippen LogP contribution is 2.30. The van der Waals surface area contributed by atoms with Crippen molar-refractivity contribution in [1.29, 1.82) is 0 Å². The van der Waals surface area contributed by atoms with Crippen LogP contribution in [-0.2, 0) is 15.1 Å². The number of amides is 4. The van der Waals surface area contributed by atoms with Crippen LogP contribution in [0.25, 0.3) is 0 Å². The number of benzene rings is 2. The van der Waals surface area contributed by atoms with E-state index in [1.165, 1.54) is 13.0 Å². The molecular formula is C20H17Cl2F2N3O3. The summed E-state index contributed by atoms with van der Waals surface area (Å²) < 4.78 is 26.8. The summed E-state index contributed by atoms with van der Waals surface area (Å²) in [5.41, 5.74) is -0.880. The van der Waals surface area contributed by atoms with E-state index < -0.39 is 47.6 Å². The summed E-state index contributed by atoms with van der Waals surface area (Å²) in [7, 11) is 0. The molecule has 1 aliphatic rings. The maximum Gasteiger partial charge on any atom is 0.325 e. The van der Waals surface area contributed by atoms with Crippen molar-refractivity contribution in [3.05, 3.63) is 69.2 Å². The largest absolute Gasteiger partial charge is 0.348 e. The van der Waals surface area contributed by atoms with Gasteiger partial charge in [0.05, 0.1) is 16.1 Å². The summed E-state index contributed by atoms with van der Waals surface area (Å²) in [5.74, 6) is -3.57. The highest BCUT2D eigenvalue weighted by atomic mass is 35.5. The van der Waals surface area contributed by atoms with Crippen LogP contribution in [-0.4, -0.2) is 29.3 Å². The van der Waals surface area contributed by atoms with Crippen LogP contribution in [0, 0.1) is 11.6 Å². The molecule has 1 heterocycles. The number of urea groups is 1. The maximum absolute atomic E-state index is 13.6. The summed E-state index contributed by atoms with van der Waals surface area (Å²) in [6, 6.07) is 6.50. The molecule has 2 unspecified atom stereocenters. The van der Waals surface area contributed by atoms with Gasteiger partial charge in [0.25, 0.3) is 5.91 Å². The molecule has 0 saturated carbocycles. The molecule has 158 valence electrons. The topological polar surface area (TPSA) is 78.5 Å². The van der Waals surface area contributed by atoms with E-state index in [4.69, 9.17) is 23.2 Å². The van der Waals surface area contributed by atoms with Crippen molar-refractivity contribution in [3.8, 4) is 0 Å². The highest BCUT2D eigenvalue weighted by molar-refractivity contribution is 6.42. The van der Waals surface area contributed by atoms with Crippen molar-refractivity contribution < 1.29 is 23.2 Å². The molecule has 0 bridgehead atoms. The van der Waals surface area contributed by atoms with Gasteiger partial charge in [-0.15, -0.1) is 0 Å². The van der Waals surface area contributed by atoms with Crippen molar-refractivity contribution in [2.75, 3.05) is 6.54 Å². The molecule has 1 fully saturated rings. The Morgan fingerprint density at radius 2 is 1.83 bits per heavy atom. The molecule has 0 aliphatic carbocycles. The lowest BCUT2D eigenvalue weighted by molar-refractivity contribution is -0.135. The van der Waals surface area contributed by atoms with Crippen molar-refractivity contribution in [2.45, 2.75) is 25.4 Å². The summed E-state index contributed by atoms with van der Waals surface area (Å²) in [6.07, 6.45) is 0. The van der Waals surface area contributed by atoms with E-state index in [0.29, 0.717) is 15.6 Å². The lowest BCUT2D eigenvalue weighted by Crippen LogP contribution is -2.43. The van der Waals surface area contributed by atoms with Gasteiger partial charge in [-0.25, -0.2) is 13.6 Å². The predicted octanol–water partition coefficient (Wildman–Crippen LogP) is 3.92. The summed E-state index contributed by atoms with van der Waals surface area (Å²) in [6.45, 7) is 2.51. The number of nitrogens with one attached hydrogen (secondary N) is 2. The molecule has 2 atom stereocenters. The number of carbonyl (C=O) groups excluding carboxylic acids is 3. The van der Waals surface area contributed by atoms with Gasteiger partial charge in [-0.2, -0.15) is 0 Å². The molecule has 0 aromatic heterocycles. The van der Waals surface area contributed by atoms with Crippen LogP contribution in [0.2, 0.25) is 10.0 Å². The molecule has 10 heteroatoms. The second kappa shape index (κ2) is 8.20. The van der Waals surface area contributed by atoms with Gasteiger partial charge in [-0.1, -0.05) is 35.3 Å². The van der Waals surface area contributed by atoms with E-state index >= 15 is 0 Å². The minimum absolute atomic E-state index is 0.0619. The van der Waals surface area contributed by atoms with Gasteiger partial charge in [0.2, 0.25) is 5.91 Å². The number of hydrogen-bond donors (Lipinski definition) is 2. The van der Waals surface area contributed by atoms with E-state index in [9.17, 15) is 23.2 Å². The summed E-state index contributed by atoms with van der Waals surface area (Å²) >= 11 is 11.9. The number of imide groups is 1. The first-order chi connectivity index (χ1) is 14.0. The zero-order valence-corrected chi connectivity index (χ0v) is 17.4. The number of carbonyl (C=O) groups is 3. The van der Waals surface area contributed by atoms with Crippen LogP contribution in [0.4, 0.5) is 13.6 Å². The van der Waals surface area contributed by atoms with Crippen LogP contribution in [0.15, 0.2) is 36.4 Å². The average molecular weight is 456 g/mol. The Kier molecular flexibility index (Phi) is 6.01. The third-order valence-corrected chi connectivity index (χ3v) is 5.63. The molecule has 6 nitrogen and oxygen atoms in total. The normalized spacial score (nSPS) is 19.6. The zero-order chi connectivity index (χ0) is 22.2. The van der Waals surface area contributed by atoms with E-state index in [-0.39, 0.29) is 5.56 Å². The predicted molar refractivity (Wildman–Crippen MR) is 107 cm³/mol. The van der Waals surface area contributed by atoms with Gasteiger partial charge in [0.1, 0.15) is 12.1 Å². The Morgan fingerprint density at radius 3 is 2.47 bits per heavy atom. The third kappa shape index (κ3) is 4.11. The molecule has 0 radical (unpaired) electrons. The molecule has 2 N–H and O–H groups in total. The first-order valence-electron chi connectivity index (χ1n) is 8.87. The first-order valence-corrected chi connectivity index (χ1v) is 9.62. The smallest absolute Gasteiger partial charge is 0.325 e. The molecule has 3 rings (SSSR count). The minimum Gasteiger partial charge on any atom is -0.348 e. The van der Waals surface area contributed by atoms with E-state index in [0.717, 1.165) is 17.0 Å². The second-order valence-electron chi connectivity index (χ2n) is 7.04. The van der Waals surface area contributed by atoms with Gasteiger partial charge in [0, 0.05) is 0 Å². The molecule has 0 spiro atoms. The van der Waals surface area contributed by atoms with Crippen LogP contribution >= 0.6 is 23.2 Å². The lowest BCUT2D eigenvalue weighted by Gasteiger charge is -2.22. The van der Waals surface area contributed by atoms with Gasteiger partial charge < -0.3 is 10.6 Å². The van der Waals surface area contributed by atoms with Gasteiger partial charge >= 0.3 is 6.03 Å². The number of halogens is 4. The molecular weight excluding hydrogens is 439 g/mol. The molecule has 1 saturated heterocycles. The minimum atomic E-state index is -1.62. The second-order valence-corrected chi connectivity index (χ2v) is 7.85. The van der Waals surface area contributed by atoms with Crippen LogP contribution in [0.1, 0.15) is 31.0 Å². The monoisotopic (exact) mass is 455 g/mol. The van der Waals surface area contributed by atoms with Crippen LogP contribution in [0.3, 0.4) is 0 Å². The Balaban J connectivity index is 1.72. The molecule has 4 amide bonds. The van der Waals surface area contributed by atoms with E-state index in [1.807, 2.05) is 0 Å². The maximum atomic E-state index is 13.6. The van der Waals surface area contributed by atoms with Crippen molar-refractivity contribution in [2.24, 2.45) is 0 Å². The quantitative estimate of drug-likeness (QED) is 0.670. The van der Waals surface area contributed by atoms with Gasteiger partial charge in [-0.05, 0) is 49.2 Å². The fraction of sp³-hybridized carbons (Fsp3) is 0.250. The zero-order valence-electron chi connectivity index (χ0n) is 15.9. The fourth-order valence-electron chi connectivity index (χ4n) is 3.14. The number of nitrogens with zero attached hydrogens (tertiary/aromatic N) is 1. The van der Waals surface area contributed by atoms with Crippen LogP contribution in [0.5, 0.6) is 0 Å². The van der Waals surface area contributed by atoms with Gasteiger partial charge in [0.15, 0.2) is 11.6 Å². The average Bonchev–Trinajstić information content (AvgIpc) is 2.90. The third-order valence-electron chi connectivity index (χ3n) is 4.89. The fourth-order valence-corrected chi connectivity index (χ4v) is 3.45. The SMILES string of the molecule is CC(NC(=O)CN1C(=O)NC(C)(c2ccc(F)c(F)c2)C1=O)c1ccc(Cl)c(Cl)c1. The van der Waals surface area contributed by atoms with Gasteiger partial charge in [-0.3, -0.25) is 14.5 Å². The summed E-state index contributed by atoms with van der Waals surface area (Å²) in [4.78, 5) is 38.3. The lowest BCUT2D eigenvalue weighted by atomic mass is 9.92. The standard InChI is InChI=1S/C20H17Cl2F2N3O3/c1-10(11-3-5-13(21)14(22)7-11)25-17(28)9-27-18(29)20(2,26-19(27)30)12-4-6-15(23)16(24)8-12/h3-8,10H,9H2,1-2H3,(H,25,28)(H,26,30). The number of rotatable bonds is 5. The first kappa shape index (κ1) is 22.0. The molecule has 30 heavy (non-hydrogen) atoms. The Labute approximate surface area is 181 Å². The van der Waals surface area contributed by atoms with Crippen LogP contribution < -0.4 is 10.6 Å². The highest BCUT2D eigenvalue weighted by Gasteiger charge is 2.49. The molecule has 2 aromatic rings. The Morgan fingerprint density at radius 1 is 1.13 bits per heavy atom. The number of hydrogen-bond acceptors (Lipinski definition) is 3. The summed E-state index contributed by atoms with van der Waals surface area (Å²) in [5, 5.41) is 5.80. The van der Waals surface area contributed by atoms with E-state index in [2.05, 4.69) is 10.6 Å². The molecule has 2 aromatic carbocycles. The van der Waals surface area contributed by atoms with Crippen molar-refractivity contribution >= 4 is 41.0 Å². The Bertz CT molecular complexity index is 1050.